The number of nitrogens with two attached hydrogens (primary N) is 1. The summed E-state index contributed by atoms with van der Waals surface area (Å²) in [5, 5.41) is 4.34. The normalized spacial score (nSPS) is 20.4. The number of carbonyl (C=O) groups excluding carboxylic acids is 1. The Kier molecular flexibility index (Phi) is 4.12. The molecule has 106 valence electrons. The molecule has 1 fully saturated rings. The molecule has 0 spiro atoms. The van der Waals surface area contributed by atoms with E-state index in [-0.39, 0.29) is 5.91 Å². The monoisotopic (exact) mass is 264 g/mol. The molecule has 0 bridgehead atoms. The second-order valence-corrected chi connectivity index (χ2v) is 5.53. The van der Waals surface area contributed by atoms with Gasteiger partial charge >= 0.3 is 0 Å². The van der Waals surface area contributed by atoms with Crippen molar-refractivity contribution >= 4 is 11.6 Å². The minimum Gasteiger partial charge on any atom is -0.396 e. The Morgan fingerprint density at radius 3 is 2.74 bits per heavy atom. The Morgan fingerprint density at radius 2 is 2.11 bits per heavy atom. The van der Waals surface area contributed by atoms with Crippen molar-refractivity contribution in [1.82, 2.24) is 14.7 Å². The lowest BCUT2D eigenvalue weighted by Gasteiger charge is -2.27. The van der Waals surface area contributed by atoms with Crippen molar-refractivity contribution < 1.29 is 4.79 Å². The molecule has 5 heteroatoms. The minimum absolute atomic E-state index is 0.153. The smallest absolute Gasteiger partial charge is 0.244 e. The van der Waals surface area contributed by atoms with Crippen LogP contribution in [0.3, 0.4) is 0 Å². The van der Waals surface area contributed by atoms with Gasteiger partial charge in [0.2, 0.25) is 5.91 Å². The van der Waals surface area contributed by atoms with Gasteiger partial charge < -0.3 is 10.6 Å². The molecule has 0 saturated carbocycles. The highest BCUT2D eigenvalue weighted by atomic mass is 16.2. The Labute approximate surface area is 114 Å². The van der Waals surface area contributed by atoms with Gasteiger partial charge in [-0.2, -0.15) is 5.10 Å². The average Bonchev–Trinajstić information content (AvgIpc) is 2.58. The number of amides is 1. The molecular formula is C14H24N4O. The third kappa shape index (κ3) is 2.91. The highest BCUT2D eigenvalue weighted by molar-refractivity contribution is 5.76. The van der Waals surface area contributed by atoms with E-state index in [4.69, 9.17) is 5.73 Å². The standard InChI is InChI=1S/C14H24N4O/c1-10-7-5-4-6-8-17(10)13(19)9-18-12(3)14(15)11(2)16-18/h10H,4-9,15H2,1-3H3. The van der Waals surface area contributed by atoms with Crippen LogP contribution in [0.15, 0.2) is 0 Å². The first-order chi connectivity index (χ1) is 9.00. The number of carbonyl (C=O) groups is 1. The van der Waals surface area contributed by atoms with Gasteiger partial charge in [-0.3, -0.25) is 9.48 Å². The lowest BCUT2D eigenvalue weighted by Crippen LogP contribution is -2.40. The van der Waals surface area contributed by atoms with E-state index in [0.717, 1.165) is 30.8 Å². The predicted molar refractivity (Wildman–Crippen MR) is 75.8 cm³/mol. The largest absolute Gasteiger partial charge is 0.396 e. The van der Waals surface area contributed by atoms with Crippen molar-refractivity contribution in [3.05, 3.63) is 11.4 Å². The summed E-state index contributed by atoms with van der Waals surface area (Å²) in [6.45, 7) is 7.09. The summed E-state index contributed by atoms with van der Waals surface area (Å²) < 4.78 is 1.73. The fourth-order valence-corrected chi connectivity index (χ4v) is 2.73. The third-order valence-corrected chi connectivity index (χ3v) is 4.10. The highest BCUT2D eigenvalue weighted by Crippen LogP contribution is 2.18. The number of nitrogens with zero attached hydrogens (tertiary/aromatic N) is 3. The summed E-state index contributed by atoms with van der Waals surface area (Å²) in [7, 11) is 0. The van der Waals surface area contributed by atoms with Crippen LogP contribution in [-0.2, 0) is 11.3 Å². The Morgan fingerprint density at radius 1 is 1.37 bits per heavy atom. The summed E-state index contributed by atoms with van der Waals surface area (Å²) in [5.41, 5.74) is 8.28. The highest BCUT2D eigenvalue weighted by Gasteiger charge is 2.23. The van der Waals surface area contributed by atoms with Crippen molar-refractivity contribution in [1.29, 1.82) is 0 Å². The molecule has 1 aromatic heterocycles. The van der Waals surface area contributed by atoms with Gasteiger partial charge in [-0.25, -0.2) is 0 Å². The zero-order valence-corrected chi connectivity index (χ0v) is 12.1. The molecule has 2 N–H and O–H groups in total. The lowest BCUT2D eigenvalue weighted by molar-refractivity contribution is -0.134. The number of aryl methyl sites for hydroxylation is 1. The summed E-state index contributed by atoms with van der Waals surface area (Å²) in [4.78, 5) is 14.4. The Balaban J connectivity index is 2.09. The number of nitrogen functional groups attached to an aromatic ring is 1. The molecule has 5 nitrogen and oxygen atoms in total. The van der Waals surface area contributed by atoms with Crippen LogP contribution in [0.1, 0.15) is 44.0 Å². The molecular weight excluding hydrogens is 240 g/mol. The number of hydrogen-bond acceptors (Lipinski definition) is 3. The maximum Gasteiger partial charge on any atom is 0.244 e. The molecule has 0 aliphatic carbocycles. The molecule has 1 aromatic rings. The van der Waals surface area contributed by atoms with Gasteiger partial charge in [-0.15, -0.1) is 0 Å². The molecule has 1 saturated heterocycles. The van der Waals surface area contributed by atoms with Gasteiger partial charge in [-0.1, -0.05) is 12.8 Å². The molecule has 19 heavy (non-hydrogen) atoms. The number of anilines is 1. The van der Waals surface area contributed by atoms with Crippen molar-refractivity contribution in [2.45, 2.75) is 59.0 Å². The second-order valence-electron chi connectivity index (χ2n) is 5.53. The molecule has 1 aliphatic rings. The quantitative estimate of drug-likeness (QED) is 0.887. The summed E-state index contributed by atoms with van der Waals surface area (Å²) in [6.07, 6.45) is 4.65. The first-order valence-electron chi connectivity index (χ1n) is 7.09. The molecule has 2 rings (SSSR count). The molecule has 1 aliphatic heterocycles. The molecule has 2 heterocycles. The molecule has 1 atom stereocenters. The van der Waals surface area contributed by atoms with E-state index in [9.17, 15) is 4.79 Å². The lowest BCUT2D eigenvalue weighted by atomic mass is 10.1. The maximum absolute atomic E-state index is 12.4. The van der Waals surface area contributed by atoms with Crippen molar-refractivity contribution in [2.24, 2.45) is 0 Å². The number of aromatic nitrogens is 2. The Bertz CT molecular complexity index is 466. The molecule has 0 aromatic carbocycles. The van der Waals surface area contributed by atoms with E-state index in [0.29, 0.717) is 18.3 Å². The van der Waals surface area contributed by atoms with Gasteiger partial charge in [0.1, 0.15) is 6.54 Å². The zero-order valence-electron chi connectivity index (χ0n) is 12.1. The van der Waals surface area contributed by atoms with Crippen LogP contribution in [0, 0.1) is 13.8 Å². The van der Waals surface area contributed by atoms with Crippen molar-refractivity contribution in [3.63, 3.8) is 0 Å². The SMILES string of the molecule is Cc1nn(CC(=O)N2CCCCCC2C)c(C)c1N. The number of hydrogen-bond donors (Lipinski definition) is 1. The van der Waals surface area contributed by atoms with E-state index in [1.807, 2.05) is 18.7 Å². The van der Waals surface area contributed by atoms with Gasteiger partial charge in [0.15, 0.2) is 0 Å². The minimum atomic E-state index is 0.153. The number of rotatable bonds is 2. The topological polar surface area (TPSA) is 64.2 Å². The first kappa shape index (κ1) is 13.9. The second kappa shape index (κ2) is 5.63. The van der Waals surface area contributed by atoms with E-state index in [1.54, 1.807) is 4.68 Å². The predicted octanol–water partition coefficient (Wildman–Crippen LogP) is 1.87. The van der Waals surface area contributed by atoms with E-state index >= 15 is 0 Å². The maximum atomic E-state index is 12.4. The number of likely N-dealkylation sites (tertiary alicyclic amines) is 1. The van der Waals surface area contributed by atoms with Gasteiger partial charge in [-0.05, 0) is 33.6 Å². The van der Waals surface area contributed by atoms with Crippen LogP contribution in [0.5, 0.6) is 0 Å². The van der Waals surface area contributed by atoms with E-state index in [1.165, 1.54) is 12.8 Å². The summed E-state index contributed by atoms with van der Waals surface area (Å²) in [6, 6.07) is 0.337. The third-order valence-electron chi connectivity index (χ3n) is 4.10. The van der Waals surface area contributed by atoms with Crippen molar-refractivity contribution in [3.8, 4) is 0 Å². The van der Waals surface area contributed by atoms with Gasteiger partial charge in [0, 0.05) is 12.6 Å². The summed E-state index contributed by atoms with van der Waals surface area (Å²) in [5.74, 6) is 0.153. The van der Waals surface area contributed by atoms with Crippen LogP contribution in [-0.4, -0.2) is 33.2 Å². The molecule has 1 amide bonds. The van der Waals surface area contributed by atoms with E-state index in [2.05, 4.69) is 12.0 Å². The van der Waals surface area contributed by atoms with Crippen LogP contribution in [0.4, 0.5) is 5.69 Å². The van der Waals surface area contributed by atoms with Crippen LogP contribution >= 0.6 is 0 Å². The zero-order chi connectivity index (χ0) is 14.0. The molecule has 0 radical (unpaired) electrons. The fraction of sp³-hybridized carbons (Fsp3) is 0.714. The van der Waals surface area contributed by atoms with Crippen LogP contribution < -0.4 is 5.73 Å². The molecule has 1 unspecified atom stereocenters. The van der Waals surface area contributed by atoms with Crippen LogP contribution in [0.2, 0.25) is 0 Å². The Hall–Kier alpha value is -1.52. The van der Waals surface area contributed by atoms with Gasteiger partial charge in [0.25, 0.3) is 0 Å². The van der Waals surface area contributed by atoms with Crippen molar-refractivity contribution in [2.75, 3.05) is 12.3 Å². The van der Waals surface area contributed by atoms with Crippen LogP contribution in [0.25, 0.3) is 0 Å². The first-order valence-corrected chi connectivity index (χ1v) is 7.09. The fourth-order valence-electron chi connectivity index (χ4n) is 2.73. The summed E-state index contributed by atoms with van der Waals surface area (Å²) >= 11 is 0. The average molecular weight is 264 g/mol. The van der Waals surface area contributed by atoms with E-state index < -0.39 is 0 Å². The van der Waals surface area contributed by atoms with Gasteiger partial charge in [0.05, 0.1) is 17.1 Å².